The van der Waals surface area contributed by atoms with Gasteiger partial charge in [0.15, 0.2) is 0 Å². The summed E-state index contributed by atoms with van der Waals surface area (Å²) >= 11 is 5.59. The fraction of sp³-hybridized carbons (Fsp3) is 0.375. The monoisotopic (exact) mass is 191 g/mol. The summed E-state index contributed by atoms with van der Waals surface area (Å²) in [5, 5.41) is 0.149. The zero-order valence-electron chi connectivity index (χ0n) is 6.74. The van der Waals surface area contributed by atoms with Crippen LogP contribution in [0.15, 0.2) is 6.07 Å². The number of aryl methyl sites for hydroxylation is 2. The average molecular weight is 192 g/mol. The van der Waals surface area contributed by atoms with Gasteiger partial charge >= 0.3 is 0 Å². The van der Waals surface area contributed by atoms with Gasteiger partial charge in [-0.05, 0) is 25.0 Å². The lowest BCUT2D eigenvalue weighted by Crippen LogP contribution is -1.96. The molecule has 0 bridgehead atoms. The SMILES string of the molecule is Cc1cc(C)c(C(F)F)nc1Cl. The molecule has 12 heavy (non-hydrogen) atoms. The highest BCUT2D eigenvalue weighted by Crippen LogP contribution is 2.24. The van der Waals surface area contributed by atoms with E-state index >= 15 is 0 Å². The van der Waals surface area contributed by atoms with E-state index in [1.54, 1.807) is 19.9 Å². The Morgan fingerprint density at radius 1 is 1.33 bits per heavy atom. The number of alkyl halides is 2. The zero-order valence-corrected chi connectivity index (χ0v) is 7.49. The Bertz CT molecular complexity index is 299. The maximum atomic E-state index is 12.2. The van der Waals surface area contributed by atoms with E-state index in [1.165, 1.54) is 0 Å². The quantitative estimate of drug-likeness (QED) is 0.621. The first kappa shape index (κ1) is 9.39. The molecule has 0 aliphatic carbocycles. The van der Waals surface area contributed by atoms with Gasteiger partial charge in [0.2, 0.25) is 0 Å². The van der Waals surface area contributed by atoms with E-state index in [4.69, 9.17) is 11.6 Å². The lowest BCUT2D eigenvalue weighted by atomic mass is 10.2. The molecular weight excluding hydrogens is 184 g/mol. The second-order valence-electron chi connectivity index (χ2n) is 2.60. The largest absolute Gasteiger partial charge is 0.280 e. The zero-order chi connectivity index (χ0) is 9.30. The first-order valence-electron chi connectivity index (χ1n) is 3.44. The third-order valence-electron chi connectivity index (χ3n) is 1.59. The van der Waals surface area contributed by atoms with Gasteiger partial charge in [-0.1, -0.05) is 17.7 Å². The van der Waals surface area contributed by atoms with E-state index in [-0.39, 0.29) is 10.8 Å². The summed E-state index contributed by atoms with van der Waals surface area (Å²) < 4.78 is 24.4. The minimum absolute atomic E-state index is 0.149. The van der Waals surface area contributed by atoms with Crippen LogP contribution in [-0.4, -0.2) is 4.98 Å². The molecule has 0 atom stereocenters. The van der Waals surface area contributed by atoms with E-state index in [0.717, 1.165) is 5.56 Å². The Kier molecular flexibility index (Phi) is 2.62. The first-order valence-corrected chi connectivity index (χ1v) is 3.82. The van der Waals surface area contributed by atoms with Crippen molar-refractivity contribution in [3.63, 3.8) is 0 Å². The van der Waals surface area contributed by atoms with Crippen molar-refractivity contribution >= 4 is 11.6 Å². The van der Waals surface area contributed by atoms with Crippen molar-refractivity contribution in [2.45, 2.75) is 20.3 Å². The molecule has 4 heteroatoms. The topological polar surface area (TPSA) is 12.9 Å². The molecule has 0 aliphatic rings. The molecule has 0 N–H and O–H groups in total. The highest BCUT2D eigenvalue weighted by Gasteiger charge is 2.13. The van der Waals surface area contributed by atoms with E-state index in [2.05, 4.69) is 4.98 Å². The molecule has 1 nitrogen and oxygen atoms in total. The van der Waals surface area contributed by atoms with Crippen LogP contribution in [0.3, 0.4) is 0 Å². The number of nitrogens with zero attached hydrogens (tertiary/aromatic N) is 1. The number of hydrogen-bond acceptors (Lipinski definition) is 1. The number of pyridine rings is 1. The molecule has 1 aromatic rings. The number of aromatic nitrogens is 1. The first-order chi connectivity index (χ1) is 5.52. The Morgan fingerprint density at radius 3 is 2.42 bits per heavy atom. The van der Waals surface area contributed by atoms with Crippen molar-refractivity contribution < 1.29 is 8.78 Å². The standard InChI is InChI=1S/C8H8ClF2N/c1-4-3-5(2)7(9)12-6(4)8(10)11/h3,8H,1-2H3. The van der Waals surface area contributed by atoms with E-state index in [0.29, 0.717) is 5.56 Å². The van der Waals surface area contributed by atoms with Gasteiger partial charge in [0.1, 0.15) is 10.8 Å². The van der Waals surface area contributed by atoms with Crippen LogP contribution in [0.4, 0.5) is 8.78 Å². The number of halogens is 3. The predicted octanol–water partition coefficient (Wildman–Crippen LogP) is 3.29. The van der Waals surface area contributed by atoms with E-state index in [1.807, 2.05) is 0 Å². The predicted molar refractivity (Wildman–Crippen MR) is 43.7 cm³/mol. The molecule has 66 valence electrons. The molecule has 0 fully saturated rings. The molecule has 0 aromatic carbocycles. The summed E-state index contributed by atoms with van der Waals surface area (Å²) in [6, 6.07) is 1.61. The molecular formula is C8H8ClF2N. The Balaban J connectivity index is 3.23. The molecule has 0 spiro atoms. The van der Waals surface area contributed by atoms with Crippen LogP contribution in [0.2, 0.25) is 5.15 Å². The average Bonchev–Trinajstić information content (AvgIpc) is 1.96. The summed E-state index contributed by atoms with van der Waals surface area (Å²) in [4.78, 5) is 3.59. The molecule has 1 aromatic heterocycles. The number of rotatable bonds is 1. The van der Waals surface area contributed by atoms with Crippen molar-refractivity contribution in [2.24, 2.45) is 0 Å². The van der Waals surface area contributed by atoms with Gasteiger partial charge in [0.05, 0.1) is 0 Å². The van der Waals surface area contributed by atoms with Crippen LogP contribution in [0, 0.1) is 13.8 Å². The molecule has 0 amide bonds. The molecule has 0 saturated carbocycles. The van der Waals surface area contributed by atoms with Gasteiger partial charge in [0.25, 0.3) is 6.43 Å². The summed E-state index contributed by atoms with van der Waals surface area (Å²) in [6.07, 6.45) is -2.55. The Morgan fingerprint density at radius 2 is 1.92 bits per heavy atom. The van der Waals surface area contributed by atoms with Gasteiger partial charge in [-0.3, -0.25) is 0 Å². The fourth-order valence-electron chi connectivity index (χ4n) is 0.961. The van der Waals surface area contributed by atoms with Crippen molar-refractivity contribution in [1.29, 1.82) is 0 Å². The lowest BCUT2D eigenvalue weighted by Gasteiger charge is -2.05. The van der Waals surface area contributed by atoms with Crippen molar-refractivity contribution in [3.05, 3.63) is 28.0 Å². The summed E-state index contributed by atoms with van der Waals surface area (Å²) in [5.41, 5.74) is 0.969. The van der Waals surface area contributed by atoms with Crippen LogP contribution in [-0.2, 0) is 0 Å². The Hall–Kier alpha value is -0.700. The second kappa shape index (κ2) is 3.35. The van der Waals surface area contributed by atoms with Crippen molar-refractivity contribution in [3.8, 4) is 0 Å². The van der Waals surface area contributed by atoms with Crippen LogP contribution in [0.5, 0.6) is 0 Å². The summed E-state index contributed by atoms with van der Waals surface area (Å²) in [7, 11) is 0. The smallest absolute Gasteiger partial charge is 0.235 e. The number of hydrogen-bond donors (Lipinski definition) is 0. The van der Waals surface area contributed by atoms with E-state index < -0.39 is 6.43 Å². The summed E-state index contributed by atoms with van der Waals surface area (Å²) in [5.74, 6) is 0. The molecule has 1 rings (SSSR count). The fourth-order valence-corrected chi connectivity index (χ4v) is 1.11. The van der Waals surface area contributed by atoms with Gasteiger partial charge in [-0.15, -0.1) is 0 Å². The van der Waals surface area contributed by atoms with Crippen LogP contribution in [0.1, 0.15) is 23.2 Å². The molecule has 0 aliphatic heterocycles. The minimum Gasteiger partial charge on any atom is -0.235 e. The molecule has 0 radical (unpaired) electrons. The third kappa shape index (κ3) is 1.72. The molecule has 1 heterocycles. The van der Waals surface area contributed by atoms with Gasteiger partial charge < -0.3 is 0 Å². The second-order valence-corrected chi connectivity index (χ2v) is 2.96. The molecule has 0 unspecified atom stereocenters. The van der Waals surface area contributed by atoms with Crippen molar-refractivity contribution in [1.82, 2.24) is 4.98 Å². The van der Waals surface area contributed by atoms with Crippen LogP contribution >= 0.6 is 11.6 Å². The van der Waals surface area contributed by atoms with Gasteiger partial charge in [0, 0.05) is 0 Å². The Labute approximate surface area is 74.4 Å². The van der Waals surface area contributed by atoms with Gasteiger partial charge in [-0.2, -0.15) is 0 Å². The summed E-state index contributed by atoms with van der Waals surface area (Å²) in [6.45, 7) is 3.33. The van der Waals surface area contributed by atoms with Crippen molar-refractivity contribution in [2.75, 3.05) is 0 Å². The molecule has 0 saturated heterocycles. The maximum absolute atomic E-state index is 12.2. The normalized spacial score (nSPS) is 10.8. The minimum atomic E-state index is -2.55. The van der Waals surface area contributed by atoms with Gasteiger partial charge in [-0.25, -0.2) is 13.8 Å². The van der Waals surface area contributed by atoms with E-state index in [9.17, 15) is 8.78 Å². The van der Waals surface area contributed by atoms with Crippen LogP contribution < -0.4 is 0 Å². The lowest BCUT2D eigenvalue weighted by molar-refractivity contribution is 0.145. The van der Waals surface area contributed by atoms with Crippen LogP contribution in [0.25, 0.3) is 0 Å². The third-order valence-corrected chi connectivity index (χ3v) is 1.97. The highest BCUT2D eigenvalue weighted by molar-refractivity contribution is 6.30. The highest BCUT2D eigenvalue weighted by atomic mass is 35.5. The maximum Gasteiger partial charge on any atom is 0.280 e.